The van der Waals surface area contributed by atoms with Crippen LogP contribution in [0.4, 0.5) is 5.82 Å². The second-order valence-corrected chi connectivity index (χ2v) is 10.5. The molecule has 1 amide bonds. The fraction of sp³-hybridized carbons (Fsp3) is 0.174. The van der Waals surface area contributed by atoms with Gasteiger partial charge in [0, 0.05) is 28.3 Å². The van der Waals surface area contributed by atoms with Crippen LogP contribution in [0.3, 0.4) is 0 Å². The Labute approximate surface area is 195 Å². The summed E-state index contributed by atoms with van der Waals surface area (Å²) in [5.74, 6) is 0.435. The molecule has 3 heterocycles. The summed E-state index contributed by atoms with van der Waals surface area (Å²) in [6.45, 7) is 0. The first-order valence-corrected chi connectivity index (χ1v) is 12.5. The molecule has 2 aromatic heterocycles. The number of nitrogens with one attached hydrogen (secondary N) is 1. The summed E-state index contributed by atoms with van der Waals surface area (Å²) in [5, 5.41) is 11.9. The zero-order chi connectivity index (χ0) is 23.0. The van der Waals surface area contributed by atoms with E-state index in [1.54, 1.807) is 28.9 Å². The molecular weight excluding hydrogens is 464 g/mol. The van der Waals surface area contributed by atoms with Crippen LogP contribution in [0.15, 0.2) is 71.3 Å². The third-order valence-corrected chi connectivity index (χ3v) is 7.48. The van der Waals surface area contributed by atoms with Crippen molar-refractivity contribution in [2.75, 3.05) is 16.8 Å². The summed E-state index contributed by atoms with van der Waals surface area (Å²) in [5.41, 5.74) is 2.29. The van der Waals surface area contributed by atoms with Gasteiger partial charge in [-0.2, -0.15) is 5.10 Å². The second-order valence-electron chi connectivity index (χ2n) is 7.82. The van der Waals surface area contributed by atoms with E-state index in [1.165, 1.54) is 0 Å². The number of aromatic nitrogens is 3. The molecule has 1 atom stereocenters. The van der Waals surface area contributed by atoms with Crippen molar-refractivity contribution >= 4 is 33.2 Å². The first-order chi connectivity index (χ1) is 15.9. The first-order valence-electron chi connectivity index (χ1n) is 10.3. The van der Waals surface area contributed by atoms with E-state index in [4.69, 9.17) is 16.1 Å². The Bertz CT molecular complexity index is 1410. The molecule has 0 unspecified atom stereocenters. The molecular formula is C23H19ClN4O4S. The van der Waals surface area contributed by atoms with Crippen molar-refractivity contribution in [1.29, 1.82) is 0 Å². The smallest absolute Gasteiger partial charge is 0.279 e. The van der Waals surface area contributed by atoms with Gasteiger partial charge in [0.1, 0.15) is 5.82 Å². The van der Waals surface area contributed by atoms with Crippen LogP contribution < -0.4 is 5.32 Å². The number of sulfone groups is 1. The van der Waals surface area contributed by atoms with Gasteiger partial charge in [-0.15, -0.1) is 0 Å². The summed E-state index contributed by atoms with van der Waals surface area (Å²) in [4.78, 5) is 12.9. The predicted octanol–water partition coefficient (Wildman–Crippen LogP) is 4.47. The lowest BCUT2D eigenvalue weighted by molar-refractivity contribution is 0.101. The van der Waals surface area contributed by atoms with E-state index in [1.807, 2.05) is 42.5 Å². The Kier molecular flexibility index (Phi) is 5.51. The molecule has 0 aliphatic carbocycles. The summed E-state index contributed by atoms with van der Waals surface area (Å²) in [6.07, 6.45) is 0.426. The van der Waals surface area contributed by atoms with Crippen LogP contribution in [-0.4, -0.2) is 40.8 Å². The van der Waals surface area contributed by atoms with Gasteiger partial charge in [0.15, 0.2) is 21.3 Å². The molecule has 1 aliphatic heterocycles. The van der Waals surface area contributed by atoms with Gasteiger partial charge in [0.2, 0.25) is 0 Å². The van der Waals surface area contributed by atoms with Gasteiger partial charge in [0.05, 0.1) is 23.2 Å². The molecule has 1 fully saturated rings. The number of benzene rings is 2. The summed E-state index contributed by atoms with van der Waals surface area (Å²) < 4.78 is 31.0. The normalized spacial score (nSPS) is 17.2. The van der Waals surface area contributed by atoms with Crippen LogP contribution in [0, 0.1) is 0 Å². The van der Waals surface area contributed by atoms with Crippen LogP contribution in [0.25, 0.3) is 22.6 Å². The Morgan fingerprint density at radius 2 is 1.82 bits per heavy atom. The molecule has 0 bridgehead atoms. The van der Waals surface area contributed by atoms with Crippen LogP contribution in [0.1, 0.15) is 23.0 Å². The maximum atomic E-state index is 12.9. The predicted molar refractivity (Wildman–Crippen MR) is 125 cm³/mol. The van der Waals surface area contributed by atoms with E-state index >= 15 is 0 Å². The monoisotopic (exact) mass is 482 g/mol. The SMILES string of the molecule is O=C(Nc1cc(-c2ccc(Cl)cc2)nn1[C@H]1CCS(=O)(=O)C1)c1cc(-c2ccccc2)on1. The molecule has 2 aromatic carbocycles. The number of carbonyl (C=O) groups excluding carboxylic acids is 1. The standard InChI is InChI=1S/C23H19ClN4O4S/c24-17-8-6-15(7-9-17)19-13-22(28(26-19)18-10-11-33(30,31)14-18)25-23(29)20-12-21(32-27-20)16-4-2-1-3-5-16/h1-9,12-13,18H,10-11,14H2,(H,25,29)/t18-/m0/s1. The summed E-state index contributed by atoms with van der Waals surface area (Å²) in [7, 11) is -3.15. The van der Waals surface area contributed by atoms with Crippen LogP contribution in [0.2, 0.25) is 5.02 Å². The van der Waals surface area contributed by atoms with Gasteiger partial charge in [0.25, 0.3) is 5.91 Å². The number of amides is 1. The molecule has 0 radical (unpaired) electrons. The van der Waals surface area contributed by atoms with E-state index in [9.17, 15) is 13.2 Å². The minimum absolute atomic E-state index is 0.0281. The summed E-state index contributed by atoms with van der Waals surface area (Å²) in [6, 6.07) is 19.4. The second kappa shape index (κ2) is 8.49. The zero-order valence-electron chi connectivity index (χ0n) is 17.3. The number of anilines is 1. The molecule has 5 rings (SSSR count). The zero-order valence-corrected chi connectivity index (χ0v) is 18.9. The Hall–Kier alpha value is -3.43. The number of halogens is 1. The number of rotatable bonds is 5. The first kappa shape index (κ1) is 21.4. The highest BCUT2D eigenvalue weighted by Crippen LogP contribution is 2.31. The van der Waals surface area contributed by atoms with Crippen molar-refractivity contribution in [3.05, 3.63) is 77.4 Å². The number of hydrogen-bond donors (Lipinski definition) is 1. The highest BCUT2D eigenvalue weighted by atomic mass is 35.5. The number of nitrogens with zero attached hydrogens (tertiary/aromatic N) is 3. The van der Waals surface area contributed by atoms with Crippen LogP contribution >= 0.6 is 11.6 Å². The molecule has 168 valence electrons. The molecule has 1 saturated heterocycles. The number of hydrogen-bond acceptors (Lipinski definition) is 6. The van der Waals surface area contributed by atoms with Crippen molar-refractivity contribution in [1.82, 2.24) is 14.9 Å². The third-order valence-electron chi connectivity index (χ3n) is 5.47. The lowest BCUT2D eigenvalue weighted by atomic mass is 10.1. The highest BCUT2D eigenvalue weighted by molar-refractivity contribution is 7.91. The van der Waals surface area contributed by atoms with Crippen molar-refractivity contribution in [3.63, 3.8) is 0 Å². The Balaban J connectivity index is 1.45. The highest BCUT2D eigenvalue weighted by Gasteiger charge is 2.32. The largest absolute Gasteiger partial charge is 0.355 e. The van der Waals surface area contributed by atoms with E-state index < -0.39 is 15.7 Å². The van der Waals surface area contributed by atoms with E-state index in [0.29, 0.717) is 28.7 Å². The van der Waals surface area contributed by atoms with Gasteiger partial charge < -0.3 is 9.84 Å². The quantitative estimate of drug-likeness (QED) is 0.449. The average Bonchev–Trinajstić information content (AvgIpc) is 3.53. The van der Waals surface area contributed by atoms with Crippen LogP contribution in [0.5, 0.6) is 0 Å². The maximum absolute atomic E-state index is 12.9. The van der Waals surface area contributed by atoms with E-state index in [0.717, 1.165) is 11.1 Å². The van der Waals surface area contributed by atoms with Crippen molar-refractivity contribution in [3.8, 4) is 22.6 Å². The molecule has 4 aromatic rings. The summed E-state index contributed by atoms with van der Waals surface area (Å²) >= 11 is 5.99. The van der Waals surface area contributed by atoms with Gasteiger partial charge in [-0.3, -0.25) is 4.79 Å². The lowest BCUT2D eigenvalue weighted by Crippen LogP contribution is -2.19. The average molecular weight is 483 g/mol. The van der Waals surface area contributed by atoms with E-state index in [2.05, 4.69) is 15.6 Å². The third kappa shape index (κ3) is 4.55. The molecule has 10 heteroatoms. The van der Waals surface area contributed by atoms with Gasteiger partial charge in [-0.05, 0) is 18.6 Å². The molecule has 33 heavy (non-hydrogen) atoms. The van der Waals surface area contributed by atoms with Gasteiger partial charge in [-0.1, -0.05) is 59.2 Å². The van der Waals surface area contributed by atoms with Crippen molar-refractivity contribution in [2.45, 2.75) is 12.5 Å². The maximum Gasteiger partial charge on any atom is 0.279 e. The minimum Gasteiger partial charge on any atom is -0.355 e. The number of carbonyl (C=O) groups is 1. The molecule has 0 saturated carbocycles. The molecule has 1 aliphatic rings. The van der Waals surface area contributed by atoms with Crippen molar-refractivity contribution < 1.29 is 17.7 Å². The topological polar surface area (TPSA) is 107 Å². The Morgan fingerprint density at radius 3 is 2.52 bits per heavy atom. The van der Waals surface area contributed by atoms with E-state index in [-0.39, 0.29) is 23.2 Å². The van der Waals surface area contributed by atoms with Crippen molar-refractivity contribution in [2.24, 2.45) is 0 Å². The Morgan fingerprint density at radius 1 is 1.06 bits per heavy atom. The fourth-order valence-corrected chi connectivity index (χ4v) is 5.62. The molecule has 8 nitrogen and oxygen atoms in total. The lowest BCUT2D eigenvalue weighted by Gasteiger charge is -2.13. The molecule has 1 N–H and O–H groups in total. The fourth-order valence-electron chi connectivity index (χ4n) is 3.80. The minimum atomic E-state index is -3.15. The van der Waals surface area contributed by atoms with Gasteiger partial charge >= 0.3 is 0 Å². The molecule has 0 spiro atoms. The van der Waals surface area contributed by atoms with Gasteiger partial charge in [-0.25, -0.2) is 13.1 Å². The van der Waals surface area contributed by atoms with Crippen LogP contribution in [-0.2, 0) is 9.84 Å².